The van der Waals surface area contributed by atoms with Gasteiger partial charge in [0.15, 0.2) is 0 Å². The molecule has 1 amide bonds. The first-order valence-electron chi connectivity index (χ1n) is 8.27. The van der Waals surface area contributed by atoms with E-state index in [2.05, 4.69) is 21.0 Å². The third-order valence-electron chi connectivity index (χ3n) is 4.02. The van der Waals surface area contributed by atoms with Crippen LogP contribution in [0.25, 0.3) is 5.69 Å². The highest BCUT2D eigenvalue weighted by Crippen LogP contribution is 2.32. The molecule has 1 aromatic heterocycles. The van der Waals surface area contributed by atoms with Crippen LogP contribution in [0.2, 0.25) is 0 Å². The molecular weight excluding hydrogens is 489 g/mol. The van der Waals surface area contributed by atoms with E-state index >= 15 is 0 Å². The quantitative estimate of drug-likeness (QED) is 0.558. The normalized spacial score (nSPS) is 12.0. The van der Waals surface area contributed by atoms with Gasteiger partial charge < -0.3 is 5.73 Å². The van der Waals surface area contributed by atoms with Crippen LogP contribution in [0.5, 0.6) is 0 Å². The van der Waals surface area contributed by atoms with E-state index in [1.807, 2.05) is 0 Å². The van der Waals surface area contributed by atoms with Crippen molar-refractivity contribution >= 4 is 37.5 Å². The Bertz CT molecular complexity index is 1160. The molecule has 1 heterocycles. The number of anilines is 1. The maximum atomic E-state index is 13.1. The molecule has 0 aliphatic heterocycles. The average Bonchev–Trinajstić information content (AvgIpc) is 3.12. The molecule has 2 aromatic carbocycles. The molecule has 0 radical (unpaired) electrons. The van der Waals surface area contributed by atoms with E-state index in [0.717, 1.165) is 28.7 Å². The van der Waals surface area contributed by atoms with Crippen molar-refractivity contribution in [3.8, 4) is 5.69 Å². The number of primary amides is 1. The molecule has 0 spiro atoms. The molecule has 2 N–H and O–H groups in total. The molecule has 0 saturated carbocycles. The first kappa shape index (κ1) is 21.8. The maximum Gasteiger partial charge on any atom is 0.416 e. The zero-order valence-electron chi connectivity index (χ0n) is 15.0. The lowest BCUT2D eigenvalue weighted by molar-refractivity contribution is -0.137. The fourth-order valence-electron chi connectivity index (χ4n) is 2.61. The van der Waals surface area contributed by atoms with Gasteiger partial charge in [-0.3, -0.25) is 9.10 Å². The number of nitrogens with zero attached hydrogens (tertiary/aromatic N) is 3. The van der Waals surface area contributed by atoms with Crippen LogP contribution in [0.4, 0.5) is 18.9 Å². The van der Waals surface area contributed by atoms with E-state index < -0.39 is 34.2 Å². The second-order valence-electron chi connectivity index (χ2n) is 6.12. The summed E-state index contributed by atoms with van der Waals surface area (Å²) in [5.74, 6) is -0.962. The van der Waals surface area contributed by atoms with Crippen LogP contribution in [-0.4, -0.2) is 30.7 Å². The van der Waals surface area contributed by atoms with Gasteiger partial charge in [-0.05, 0) is 64.5 Å². The van der Waals surface area contributed by atoms with Crippen LogP contribution in [0.1, 0.15) is 5.56 Å². The van der Waals surface area contributed by atoms with E-state index in [-0.39, 0.29) is 10.6 Å². The van der Waals surface area contributed by atoms with Crippen molar-refractivity contribution in [1.29, 1.82) is 0 Å². The molecule has 0 aliphatic carbocycles. The van der Waals surface area contributed by atoms with Crippen LogP contribution in [0.3, 0.4) is 0 Å². The topological polar surface area (TPSA) is 98.3 Å². The summed E-state index contributed by atoms with van der Waals surface area (Å²) in [7, 11) is -4.28. The van der Waals surface area contributed by atoms with Gasteiger partial charge in [-0.2, -0.15) is 18.3 Å². The molecule has 3 rings (SSSR count). The van der Waals surface area contributed by atoms with Crippen LogP contribution >= 0.6 is 15.9 Å². The summed E-state index contributed by atoms with van der Waals surface area (Å²) >= 11 is 3.26. The van der Waals surface area contributed by atoms with Crippen LogP contribution < -0.4 is 10.0 Å². The van der Waals surface area contributed by atoms with Crippen molar-refractivity contribution in [2.24, 2.45) is 5.73 Å². The number of rotatable bonds is 6. The summed E-state index contributed by atoms with van der Waals surface area (Å²) in [5.41, 5.74) is 4.68. The molecule has 0 saturated heterocycles. The van der Waals surface area contributed by atoms with Crippen molar-refractivity contribution in [3.05, 3.63) is 71.0 Å². The Kier molecular flexibility index (Phi) is 5.90. The van der Waals surface area contributed by atoms with Crippen LogP contribution in [0.15, 0.2) is 70.3 Å². The highest BCUT2D eigenvalue weighted by molar-refractivity contribution is 9.10. The second-order valence-corrected chi connectivity index (χ2v) is 8.90. The lowest BCUT2D eigenvalue weighted by Crippen LogP contribution is -2.38. The zero-order chi connectivity index (χ0) is 22.1. The number of nitrogens with two attached hydrogens (primary N) is 1. The summed E-state index contributed by atoms with van der Waals surface area (Å²) in [6, 6.07) is 9.02. The molecule has 0 bridgehead atoms. The average molecular weight is 503 g/mol. The minimum Gasteiger partial charge on any atom is -0.368 e. The molecule has 7 nitrogen and oxygen atoms in total. The van der Waals surface area contributed by atoms with Gasteiger partial charge in [0, 0.05) is 6.20 Å². The Labute approximate surface area is 178 Å². The summed E-state index contributed by atoms with van der Waals surface area (Å²) in [6.07, 6.45) is -1.35. The number of benzene rings is 2. The molecule has 0 fully saturated rings. The number of carbonyl (C=O) groups is 1. The zero-order valence-corrected chi connectivity index (χ0v) is 17.4. The molecule has 0 unspecified atom stereocenters. The number of hydrogen-bond acceptors (Lipinski definition) is 4. The highest BCUT2D eigenvalue weighted by Gasteiger charge is 2.31. The number of carbonyl (C=O) groups excluding carboxylic acids is 1. The Morgan fingerprint density at radius 2 is 1.70 bits per heavy atom. The van der Waals surface area contributed by atoms with E-state index in [9.17, 15) is 26.4 Å². The number of halogens is 4. The second kappa shape index (κ2) is 8.11. The van der Waals surface area contributed by atoms with Crippen molar-refractivity contribution in [1.82, 2.24) is 9.78 Å². The Morgan fingerprint density at radius 3 is 2.17 bits per heavy atom. The largest absolute Gasteiger partial charge is 0.416 e. The molecule has 30 heavy (non-hydrogen) atoms. The van der Waals surface area contributed by atoms with E-state index in [4.69, 9.17) is 5.73 Å². The van der Waals surface area contributed by atoms with Crippen molar-refractivity contribution < 1.29 is 26.4 Å². The smallest absolute Gasteiger partial charge is 0.368 e. The first-order valence-corrected chi connectivity index (χ1v) is 10.5. The summed E-state index contributed by atoms with van der Waals surface area (Å²) in [6.45, 7) is -0.735. The molecule has 0 aliphatic rings. The van der Waals surface area contributed by atoms with Crippen LogP contribution in [-0.2, 0) is 21.0 Å². The Morgan fingerprint density at radius 1 is 1.10 bits per heavy atom. The lowest BCUT2D eigenvalue weighted by Gasteiger charge is -2.23. The van der Waals surface area contributed by atoms with Gasteiger partial charge in [0.1, 0.15) is 6.54 Å². The van der Waals surface area contributed by atoms with Gasteiger partial charge in [0.05, 0.1) is 32.5 Å². The van der Waals surface area contributed by atoms with Gasteiger partial charge in [0.25, 0.3) is 10.0 Å². The fraction of sp³-hybridized carbons (Fsp3) is 0.111. The van der Waals surface area contributed by atoms with E-state index in [1.54, 1.807) is 12.4 Å². The van der Waals surface area contributed by atoms with E-state index in [0.29, 0.717) is 9.99 Å². The predicted octanol–water partition coefficient (Wildman–Crippen LogP) is 3.33. The number of amides is 1. The molecule has 0 atom stereocenters. The van der Waals surface area contributed by atoms with Gasteiger partial charge >= 0.3 is 6.18 Å². The fourth-order valence-corrected chi connectivity index (χ4v) is 4.33. The number of sulfonamides is 1. The first-order chi connectivity index (χ1) is 14.0. The molecular formula is C18H14BrF3N4O3S. The summed E-state index contributed by atoms with van der Waals surface area (Å²) in [4.78, 5) is 11.3. The Hall–Kier alpha value is -2.86. The highest BCUT2D eigenvalue weighted by atomic mass is 79.9. The monoisotopic (exact) mass is 502 g/mol. The van der Waals surface area contributed by atoms with Crippen molar-refractivity contribution in [3.63, 3.8) is 0 Å². The van der Waals surface area contributed by atoms with Gasteiger partial charge in [-0.15, -0.1) is 0 Å². The minimum atomic E-state index is -4.58. The standard InChI is InChI=1S/C18H14BrF3N4O3S/c19-13-9-24-25(10-13)14-5-7-16(8-6-14)30(28,29)26(11-17(23)27)15-3-1-12(2-4-15)18(20,21)22/h1-10H,11H2,(H2,23,27). The number of hydrogen-bond donors (Lipinski definition) is 1. The maximum absolute atomic E-state index is 13.1. The molecule has 3 aromatic rings. The van der Waals surface area contributed by atoms with E-state index in [1.165, 1.54) is 28.9 Å². The number of aromatic nitrogens is 2. The minimum absolute atomic E-state index is 0.123. The Balaban J connectivity index is 1.97. The van der Waals surface area contributed by atoms with Gasteiger partial charge in [-0.1, -0.05) is 0 Å². The number of alkyl halides is 3. The summed E-state index contributed by atoms with van der Waals surface area (Å²) < 4.78 is 67.4. The molecule has 12 heteroatoms. The third-order valence-corrected chi connectivity index (χ3v) is 6.22. The van der Waals surface area contributed by atoms with Gasteiger partial charge in [0.2, 0.25) is 5.91 Å². The van der Waals surface area contributed by atoms with Crippen LogP contribution in [0, 0.1) is 0 Å². The molecule has 158 valence electrons. The lowest BCUT2D eigenvalue weighted by atomic mass is 10.2. The third kappa shape index (κ3) is 4.65. The predicted molar refractivity (Wildman–Crippen MR) is 106 cm³/mol. The van der Waals surface area contributed by atoms with Gasteiger partial charge in [-0.25, -0.2) is 13.1 Å². The van der Waals surface area contributed by atoms with Crippen molar-refractivity contribution in [2.45, 2.75) is 11.1 Å². The summed E-state index contributed by atoms with van der Waals surface area (Å²) in [5, 5.41) is 4.08. The van der Waals surface area contributed by atoms with Crippen molar-refractivity contribution in [2.75, 3.05) is 10.8 Å². The SMILES string of the molecule is NC(=O)CN(c1ccc(C(F)(F)F)cc1)S(=O)(=O)c1ccc(-n2cc(Br)cn2)cc1.